The van der Waals surface area contributed by atoms with E-state index in [2.05, 4.69) is 41.7 Å². The highest BCUT2D eigenvalue weighted by Gasteiger charge is 2.06. The highest BCUT2D eigenvalue weighted by molar-refractivity contribution is 6.35. The molecule has 1 N–H and O–H groups in total. The Morgan fingerprint density at radius 3 is 2.38 bits per heavy atom. The lowest BCUT2D eigenvalue weighted by Crippen LogP contribution is -2.06. The summed E-state index contributed by atoms with van der Waals surface area (Å²) in [6, 6.07) is 19.3. The summed E-state index contributed by atoms with van der Waals surface area (Å²) in [4.78, 5) is 0. The van der Waals surface area contributed by atoms with Crippen molar-refractivity contribution in [3.05, 3.63) is 93.0 Å². The predicted octanol–water partition coefficient (Wildman–Crippen LogP) is 6.01. The SMILES string of the molecule is COc1cc(/C=N\NCc2c(Cl)cccc2Cl)ccc1OCc1ccc(C)cc1. The van der Waals surface area contributed by atoms with Gasteiger partial charge in [0.15, 0.2) is 11.5 Å². The molecule has 0 amide bonds. The molecule has 0 atom stereocenters. The molecule has 150 valence electrons. The molecule has 0 aromatic heterocycles. The predicted molar refractivity (Wildman–Crippen MR) is 119 cm³/mol. The number of hydrogen-bond donors (Lipinski definition) is 1. The van der Waals surface area contributed by atoms with Gasteiger partial charge in [0.05, 0.1) is 19.9 Å². The Labute approximate surface area is 181 Å². The molecule has 0 fully saturated rings. The third-order valence-corrected chi connectivity index (χ3v) is 5.03. The molecule has 0 aliphatic carbocycles. The van der Waals surface area contributed by atoms with E-state index in [9.17, 15) is 0 Å². The zero-order chi connectivity index (χ0) is 20.6. The molecule has 0 saturated carbocycles. The number of rotatable bonds is 8. The van der Waals surface area contributed by atoms with Crippen LogP contribution in [0.3, 0.4) is 0 Å². The molecule has 29 heavy (non-hydrogen) atoms. The molecule has 6 heteroatoms. The number of methoxy groups -OCH3 is 1. The van der Waals surface area contributed by atoms with Crippen LogP contribution in [0.15, 0.2) is 65.8 Å². The Morgan fingerprint density at radius 1 is 0.966 bits per heavy atom. The highest BCUT2D eigenvalue weighted by Crippen LogP contribution is 2.28. The smallest absolute Gasteiger partial charge is 0.161 e. The first-order valence-electron chi connectivity index (χ1n) is 9.12. The Morgan fingerprint density at radius 2 is 1.69 bits per heavy atom. The number of hydrazone groups is 1. The molecule has 0 radical (unpaired) electrons. The summed E-state index contributed by atoms with van der Waals surface area (Å²) in [6.07, 6.45) is 1.71. The monoisotopic (exact) mass is 428 g/mol. The highest BCUT2D eigenvalue weighted by atomic mass is 35.5. The number of benzene rings is 3. The second kappa shape index (κ2) is 10.2. The molecule has 0 saturated heterocycles. The van der Waals surface area contributed by atoms with Gasteiger partial charge in [0.1, 0.15) is 6.61 Å². The molecule has 0 aliphatic rings. The summed E-state index contributed by atoms with van der Waals surface area (Å²) >= 11 is 12.3. The van der Waals surface area contributed by atoms with E-state index in [1.54, 1.807) is 25.5 Å². The largest absolute Gasteiger partial charge is 0.493 e. The van der Waals surface area contributed by atoms with Crippen LogP contribution in [0.25, 0.3) is 0 Å². The minimum Gasteiger partial charge on any atom is -0.493 e. The summed E-state index contributed by atoms with van der Waals surface area (Å²) in [7, 11) is 1.62. The lowest BCUT2D eigenvalue weighted by atomic mass is 10.2. The lowest BCUT2D eigenvalue weighted by molar-refractivity contribution is 0.284. The van der Waals surface area contributed by atoms with Gasteiger partial charge in [-0.3, -0.25) is 0 Å². The van der Waals surface area contributed by atoms with Crippen LogP contribution >= 0.6 is 23.2 Å². The molecular weight excluding hydrogens is 407 g/mol. The number of ether oxygens (including phenoxy) is 2. The van der Waals surface area contributed by atoms with E-state index >= 15 is 0 Å². The van der Waals surface area contributed by atoms with Crippen LogP contribution in [0.5, 0.6) is 11.5 Å². The third-order valence-electron chi connectivity index (χ3n) is 4.33. The van der Waals surface area contributed by atoms with Gasteiger partial charge >= 0.3 is 0 Å². The average molecular weight is 429 g/mol. The quantitative estimate of drug-likeness (QED) is 0.352. The minimum absolute atomic E-state index is 0.434. The first kappa shape index (κ1) is 21.0. The number of aryl methyl sites for hydroxylation is 1. The van der Waals surface area contributed by atoms with E-state index in [0.717, 1.165) is 16.7 Å². The Bertz CT molecular complexity index is 968. The maximum absolute atomic E-state index is 6.16. The number of nitrogens with one attached hydrogen (secondary N) is 1. The fourth-order valence-electron chi connectivity index (χ4n) is 2.68. The maximum Gasteiger partial charge on any atom is 0.161 e. The van der Waals surface area contributed by atoms with Crippen LogP contribution < -0.4 is 14.9 Å². The first-order valence-corrected chi connectivity index (χ1v) is 9.87. The molecule has 3 aromatic carbocycles. The molecule has 0 unspecified atom stereocenters. The minimum atomic E-state index is 0.434. The number of halogens is 2. The van der Waals surface area contributed by atoms with Crippen molar-refractivity contribution in [1.82, 2.24) is 5.43 Å². The normalized spacial score (nSPS) is 10.9. The lowest BCUT2D eigenvalue weighted by Gasteiger charge is -2.11. The van der Waals surface area contributed by atoms with Crippen molar-refractivity contribution in [2.45, 2.75) is 20.1 Å². The van der Waals surface area contributed by atoms with Crippen molar-refractivity contribution >= 4 is 29.4 Å². The van der Waals surface area contributed by atoms with Crippen molar-refractivity contribution in [1.29, 1.82) is 0 Å². The molecular formula is C23H22Cl2N2O2. The van der Waals surface area contributed by atoms with Crippen molar-refractivity contribution in [2.24, 2.45) is 5.10 Å². The van der Waals surface area contributed by atoms with E-state index in [0.29, 0.717) is 34.7 Å². The number of nitrogens with zero attached hydrogens (tertiary/aromatic N) is 1. The van der Waals surface area contributed by atoms with Gasteiger partial charge in [0.2, 0.25) is 0 Å². The Hall–Kier alpha value is -2.69. The van der Waals surface area contributed by atoms with Crippen LogP contribution in [-0.2, 0) is 13.2 Å². The molecule has 4 nitrogen and oxygen atoms in total. The van der Waals surface area contributed by atoms with Gasteiger partial charge < -0.3 is 14.9 Å². The molecule has 0 spiro atoms. The Balaban J connectivity index is 1.60. The summed E-state index contributed by atoms with van der Waals surface area (Å²) < 4.78 is 11.4. The van der Waals surface area contributed by atoms with E-state index in [-0.39, 0.29) is 0 Å². The van der Waals surface area contributed by atoms with Gasteiger partial charge in [0.25, 0.3) is 0 Å². The molecule has 3 aromatic rings. The zero-order valence-corrected chi connectivity index (χ0v) is 17.8. The van der Waals surface area contributed by atoms with E-state index in [1.165, 1.54) is 5.56 Å². The van der Waals surface area contributed by atoms with E-state index < -0.39 is 0 Å². The topological polar surface area (TPSA) is 42.8 Å². The van der Waals surface area contributed by atoms with E-state index in [4.69, 9.17) is 32.7 Å². The van der Waals surface area contributed by atoms with Gasteiger partial charge in [0, 0.05) is 15.6 Å². The maximum atomic E-state index is 6.16. The van der Waals surface area contributed by atoms with Gasteiger partial charge in [-0.1, -0.05) is 59.1 Å². The van der Waals surface area contributed by atoms with Gasteiger partial charge in [-0.15, -0.1) is 0 Å². The van der Waals surface area contributed by atoms with Crippen LogP contribution in [-0.4, -0.2) is 13.3 Å². The molecule has 0 aliphatic heterocycles. The van der Waals surface area contributed by atoms with Crippen LogP contribution in [0, 0.1) is 6.92 Å². The van der Waals surface area contributed by atoms with Crippen molar-refractivity contribution < 1.29 is 9.47 Å². The summed E-state index contributed by atoms with van der Waals surface area (Å²) in [5.41, 5.74) is 6.98. The molecule has 0 bridgehead atoms. The Kier molecular flexibility index (Phi) is 7.39. The van der Waals surface area contributed by atoms with Gasteiger partial charge in [-0.2, -0.15) is 5.10 Å². The van der Waals surface area contributed by atoms with Crippen LogP contribution in [0.1, 0.15) is 22.3 Å². The summed E-state index contributed by atoms with van der Waals surface area (Å²) in [6.45, 7) is 2.97. The second-order valence-electron chi connectivity index (χ2n) is 6.48. The fraction of sp³-hybridized carbons (Fsp3) is 0.174. The first-order chi connectivity index (χ1) is 14.1. The number of hydrogen-bond acceptors (Lipinski definition) is 4. The standard InChI is InChI=1S/C23H22Cl2N2O2/c1-16-6-8-17(9-7-16)15-29-22-11-10-18(12-23(22)28-2)13-26-27-14-19-20(24)4-3-5-21(19)25/h3-13,27H,14-15H2,1-2H3/b26-13-. The fourth-order valence-corrected chi connectivity index (χ4v) is 3.21. The van der Waals surface area contributed by atoms with Crippen molar-refractivity contribution in [3.8, 4) is 11.5 Å². The van der Waals surface area contributed by atoms with Gasteiger partial charge in [-0.05, 0) is 48.4 Å². The van der Waals surface area contributed by atoms with E-state index in [1.807, 2.05) is 24.3 Å². The van der Waals surface area contributed by atoms with Gasteiger partial charge in [-0.25, -0.2) is 0 Å². The van der Waals surface area contributed by atoms with Crippen LogP contribution in [0.2, 0.25) is 10.0 Å². The second-order valence-corrected chi connectivity index (χ2v) is 7.29. The molecule has 3 rings (SSSR count). The summed E-state index contributed by atoms with van der Waals surface area (Å²) in [5.74, 6) is 1.33. The van der Waals surface area contributed by atoms with Crippen molar-refractivity contribution in [2.75, 3.05) is 7.11 Å². The zero-order valence-electron chi connectivity index (χ0n) is 16.3. The average Bonchev–Trinajstić information content (AvgIpc) is 2.73. The van der Waals surface area contributed by atoms with Crippen molar-refractivity contribution in [3.63, 3.8) is 0 Å². The van der Waals surface area contributed by atoms with Crippen LogP contribution in [0.4, 0.5) is 0 Å². The molecule has 0 heterocycles. The third kappa shape index (κ3) is 5.89. The summed E-state index contributed by atoms with van der Waals surface area (Å²) in [5, 5.41) is 5.45.